The normalized spacial score (nSPS) is 12.5. The molecule has 0 aromatic heterocycles. The maximum Gasteiger partial charge on any atom is 0.269 e. The highest BCUT2D eigenvalue weighted by atomic mass is 32.1. The molecule has 1 rings (SSSR count). The molecule has 0 aliphatic carbocycles. The fourth-order valence-corrected chi connectivity index (χ4v) is 1.85. The Morgan fingerprint density at radius 1 is 1.35 bits per heavy atom. The van der Waals surface area contributed by atoms with E-state index in [1.165, 1.54) is 12.1 Å². The van der Waals surface area contributed by atoms with Crippen LogP contribution in [-0.2, 0) is 0 Å². The maximum absolute atomic E-state index is 10.5. The first kappa shape index (κ1) is 13.8. The average molecular weight is 255 g/mol. The minimum atomic E-state index is -0.422. The van der Waals surface area contributed by atoms with Crippen molar-refractivity contribution in [3.05, 3.63) is 34.4 Å². The lowest BCUT2D eigenvalue weighted by Gasteiger charge is -2.18. The number of rotatable bonds is 6. The van der Waals surface area contributed by atoms with Crippen molar-refractivity contribution < 1.29 is 9.66 Å². The van der Waals surface area contributed by atoms with Crippen molar-refractivity contribution in [1.82, 2.24) is 0 Å². The highest BCUT2D eigenvalue weighted by Gasteiger charge is 2.12. The second-order valence-electron chi connectivity index (χ2n) is 4.25. The Morgan fingerprint density at radius 3 is 2.35 bits per heavy atom. The Kier molecular flexibility index (Phi) is 5.28. The predicted molar refractivity (Wildman–Crippen MR) is 70.8 cm³/mol. The molecule has 1 aromatic carbocycles. The van der Waals surface area contributed by atoms with Gasteiger partial charge in [-0.2, -0.15) is 12.6 Å². The van der Waals surface area contributed by atoms with Crippen LogP contribution in [-0.4, -0.2) is 17.3 Å². The van der Waals surface area contributed by atoms with Crippen LogP contribution in [0.15, 0.2) is 24.3 Å². The second kappa shape index (κ2) is 6.49. The average Bonchev–Trinajstić information content (AvgIpc) is 2.30. The molecule has 0 heterocycles. The number of benzene rings is 1. The highest BCUT2D eigenvalue weighted by Crippen LogP contribution is 2.19. The van der Waals surface area contributed by atoms with Crippen molar-refractivity contribution >= 4 is 18.3 Å². The van der Waals surface area contributed by atoms with Crippen LogP contribution in [0.1, 0.15) is 13.8 Å². The van der Waals surface area contributed by atoms with E-state index in [0.29, 0.717) is 24.2 Å². The van der Waals surface area contributed by atoms with Crippen LogP contribution in [0.25, 0.3) is 0 Å². The molecule has 0 saturated carbocycles. The minimum absolute atomic E-state index is 0.0759. The first-order valence-electron chi connectivity index (χ1n) is 5.52. The molecule has 1 aromatic rings. The largest absolute Gasteiger partial charge is 0.493 e. The van der Waals surface area contributed by atoms with Gasteiger partial charge in [-0.3, -0.25) is 10.1 Å². The second-order valence-corrected chi connectivity index (χ2v) is 4.61. The minimum Gasteiger partial charge on any atom is -0.493 e. The summed E-state index contributed by atoms with van der Waals surface area (Å²) in [6, 6.07) is 6.13. The van der Waals surface area contributed by atoms with E-state index in [4.69, 9.17) is 4.74 Å². The third kappa shape index (κ3) is 4.26. The van der Waals surface area contributed by atoms with Crippen LogP contribution in [0.4, 0.5) is 5.69 Å². The first-order valence-corrected chi connectivity index (χ1v) is 6.16. The molecule has 0 aliphatic rings. The van der Waals surface area contributed by atoms with Gasteiger partial charge in [0.05, 0.1) is 11.5 Å². The Hall–Kier alpha value is -1.23. The quantitative estimate of drug-likeness (QED) is 0.482. The lowest BCUT2D eigenvalue weighted by molar-refractivity contribution is -0.384. The van der Waals surface area contributed by atoms with Crippen LogP contribution in [0, 0.1) is 22.0 Å². The Bertz CT molecular complexity index is 365. The summed E-state index contributed by atoms with van der Waals surface area (Å²) in [7, 11) is 0. The summed E-state index contributed by atoms with van der Waals surface area (Å²) in [6.07, 6.45) is 0. The standard InChI is InChI=1S/C12H17NO3S/c1-9(2)10(8-17)7-16-12-5-3-11(4-6-12)13(14)15/h3-6,9-10,17H,7-8H2,1-2H3. The van der Waals surface area contributed by atoms with E-state index < -0.39 is 4.92 Å². The summed E-state index contributed by atoms with van der Waals surface area (Å²) in [6.45, 7) is 4.83. The number of nitro groups is 1. The maximum atomic E-state index is 10.5. The molecule has 4 nitrogen and oxygen atoms in total. The van der Waals surface area contributed by atoms with Gasteiger partial charge in [0, 0.05) is 18.1 Å². The van der Waals surface area contributed by atoms with Gasteiger partial charge >= 0.3 is 0 Å². The number of hydrogen-bond donors (Lipinski definition) is 1. The van der Waals surface area contributed by atoms with Crippen LogP contribution >= 0.6 is 12.6 Å². The molecule has 0 bridgehead atoms. The molecule has 0 N–H and O–H groups in total. The van der Waals surface area contributed by atoms with E-state index in [0.717, 1.165) is 5.75 Å². The van der Waals surface area contributed by atoms with E-state index in [9.17, 15) is 10.1 Å². The summed E-state index contributed by atoms with van der Waals surface area (Å²) in [5.74, 6) is 2.31. The molecule has 94 valence electrons. The fourth-order valence-electron chi connectivity index (χ4n) is 1.32. The zero-order valence-electron chi connectivity index (χ0n) is 10.00. The van der Waals surface area contributed by atoms with E-state index in [-0.39, 0.29) is 5.69 Å². The molecule has 0 aliphatic heterocycles. The smallest absolute Gasteiger partial charge is 0.269 e. The Balaban J connectivity index is 2.55. The molecule has 5 heteroatoms. The van der Waals surface area contributed by atoms with Crippen molar-refractivity contribution in [2.24, 2.45) is 11.8 Å². The molecular formula is C12H17NO3S. The van der Waals surface area contributed by atoms with Crippen molar-refractivity contribution in [1.29, 1.82) is 0 Å². The lowest BCUT2D eigenvalue weighted by Crippen LogP contribution is -2.19. The van der Waals surface area contributed by atoms with Crippen LogP contribution in [0.5, 0.6) is 5.75 Å². The molecule has 1 unspecified atom stereocenters. The SMILES string of the molecule is CC(C)C(CS)COc1ccc([N+](=O)[O-])cc1. The zero-order valence-corrected chi connectivity index (χ0v) is 10.9. The Morgan fingerprint density at radius 2 is 1.94 bits per heavy atom. The van der Waals surface area contributed by atoms with Crippen molar-refractivity contribution in [2.75, 3.05) is 12.4 Å². The number of thiol groups is 1. The van der Waals surface area contributed by atoms with Gasteiger partial charge < -0.3 is 4.74 Å². The highest BCUT2D eigenvalue weighted by molar-refractivity contribution is 7.80. The first-order chi connectivity index (χ1) is 8.04. The molecule has 0 amide bonds. The summed E-state index contributed by atoms with van der Waals surface area (Å²) in [5, 5.41) is 10.5. The molecule has 0 radical (unpaired) electrons. The molecule has 1 atom stereocenters. The fraction of sp³-hybridized carbons (Fsp3) is 0.500. The van der Waals surface area contributed by atoms with Crippen molar-refractivity contribution in [3.8, 4) is 5.75 Å². The van der Waals surface area contributed by atoms with E-state index in [1.807, 2.05) is 0 Å². The van der Waals surface area contributed by atoms with E-state index in [2.05, 4.69) is 26.5 Å². The molecule has 0 spiro atoms. The molecule has 17 heavy (non-hydrogen) atoms. The summed E-state index contributed by atoms with van der Waals surface area (Å²) in [4.78, 5) is 10.0. The van der Waals surface area contributed by atoms with Gasteiger partial charge in [-0.15, -0.1) is 0 Å². The van der Waals surface area contributed by atoms with Gasteiger partial charge in [0.2, 0.25) is 0 Å². The van der Waals surface area contributed by atoms with Gasteiger partial charge in [0.25, 0.3) is 5.69 Å². The van der Waals surface area contributed by atoms with Crippen molar-refractivity contribution in [3.63, 3.8) is 0 Å². The molecule has 0 fully saturated rings. The topological polar surface area (TPSA) is 52.4 Å². The van der Waals surface area contributed by atoms with E-state index >= 15 is 0 Å². The van der Waals surface area contributed by atoms with Crippen LogP contribution in [0.3, 0.4) is 0 Å². The van der Waals surface area contributed by atoms with Crippen LogP contribution < -0.4 is 4.74 Å². The Labute approximate surface area is 107 Å². The number of hydrogen-bond acceptors (Lipinski definition) is 4. The number of ether oxygens (including phenoxy) is 1. The third-order valence-corrected chi connectivity index (χ3v) is 3.16. The molecular weight excluding hydrogens is 238 g/mol. The van der Waals surface area contributed by atoms with Gasteiger partial charge in [-0.05, 0) is 23.8 Å². The third-order valence-electron chi connectivity index (χ3n) is 2.69. The van der Waals surface area contributed by atoms with Gasteiger partial charge in [0.1, 0.15) is 5.75 Å². The van der Waals surface area contributed by atoms with Gasteiger partial charge in [-0.25, -0.2) is 0 Å². The van der Waals surface area contributed by atoms with Crippen molar-refractivity contribution in [2.45, 2.75) is 13.8 Å². The zero-order chi connectivity index (χ0) is 12.8. The summed E-state index contributed by atoms with van der Waals surface area (Å²) >= 11 is 4.28. The number of non-ortho nitro benzene ring substituents is 1. The van der Waals surface area contributed by atoms with Gasteiger partial charge in [0.15, 0.2) is 0 Å². The summed E-state index contributed by atoms with van der Waals surface area (Å²) in [5.41, 5.74) is 0.0759. The predicted octanol–water partition coefficient (Wildman–Crippen LogP) is 3.18. The van der Waals surface area contributed by atoms with E-state index in [1.54, 1.807) is 12.1 Å². The van der Waals surface area contributed by atoms with Gasteiger partial charge in [-0.1, -0.05) is 13.8 Å². The summed E-state index contributed by atoms with van der Waals surface area (Å²) < 4.78 is 5.58. The lowest BCUT2D eigenvalue weighted by atomic mass is 9.99. The van der Waals surface area contributed by atoms with Crippen LogP contribution in [0.2, 0.25) is 0 Å². The number of nitrogens with zero attached hydrogens (tertiary/aromatic N) is 1. The molecule has 0 saturated heterocycles. The monoisotopic (exact) mass is 255 g/mol. The number of nitro benzene ring substituents is 1.